The average molecular weight is 301 g/mol. The number of ether oxygens (including phenoxy) is 1. The SMILES string of the molecule is O=C(O)COC1(c2ccc(Br)cn2)CCNC1. The number of aliphatic carboxylic acids is 1. The molecule has 5 nitrogen and oxygen atoms in total. The third kappa shape index (κ3) is 2.83. The number of halogens is 1. The molecule has 1 aromatic rings. The molecular formula is C11H13BrN2O3. The Morgan fingerprint density at radius 2 is 2.47 bits per heavy atom. The largest absolute Gasteiger partial charge is 0.480 e. The van der Waals surface area contributed by atoms with Gasteiger partial charge in [0.15, 0.2) is 0 Å². The van der Waals surface area contributed by atoms with Gasteiger partial charge in [-0.2, -0.15) is 0 Å². The van der Waals surface area contributed by atoms with Gasteiger partial charge in [-0.3, -0.25) is 4.98 Å². The number of pyridine rings is 1. The number of nitrogens with one attached hydrogen (secondary N) is 1. The number of hydrogen-bond acceptors (Lipinski definition) is 4. The highest BCUT2D eigenvalue weighted by molar-refractivity contribution is 9.10. The van der Waals surface area contributed by atoms with Crippen molar-refractivity contribution in [1.82, 2.24) is 10.3 Å². The van der Waals surface area contributed by atoms with Crippen molar-refractivity contribution in [1.29, 1.82) is 0 Å². The van der Waals surface area contributed by atoms with Gasteiger partial charge in [-0.25, -0.2) is 4.79 Å². The van der Waals surface area contributed by atoms with Crippen molar-refractivity contribution in [2.45, 2.75) is 12.0 Å². The Kier molecular flexibility index (Phi) is 3.76. The number of nitrogens with zero attached hydrogens (tertiary/aromatic N) is 1. The molecular weight excluding hydrogens is 288 g/mol. The summed E-state index contributed by atoms with van der Waals surface area (Å²) in [6.07, 6.45) is 2.43. The van der Waals surface area contributed by atoms with Gasteiger partial charge in [-0.1, -0.05) is 0 Å². The van der Waals surface area contributed by atoms with Crippen molar-refractivity contribution in [2.24, 2.45) is 0 Å². The lowest BCUT2D eigenvalue weighted by atomic mass is 9.98. The predicted molar refractivity (Wildman–Crippen MR) is 64.7 cm³/mol. The van der Waals surface area contributed by atoms with E-state index < -0.39 is 11.6 Å². The molecule has 2 N–H and O–H groups in total. The fraction of sp³-hybridized carbons (Fsp3) is 0.455. The van der Waals surface area contributed by atoms with Crippen molar-refractivity contribution < 1.29 is 14.6 Å². The lowest BCUT2D eigenvalue weighted by Crippen LogP contribution is -2.35. The Labute approximate surface area is 107 Å². The third-order valence-corrected chi connectivity index (χ3v) is 3.25. The minimum absolute atomic E-state index is 0.306. The maximum atomic E-state index is 10.6. The Morgan fingerprint density at radius 1 is 1.65 bits per heavy atom. The van der Waals surface area contributed by atoms with Crippen LogP contribution < -0.4 is 5.32 Å². The van der Waals surface area contributed by atoms with Crippen molar-refractivity contribution in [3.8, 4) is 0 Å². The second-order valence-corrected chi connectivity index (χ2v) is 4.88. The molecule has 1 aromatic heterocycles. The number of carbonyl (C=O) groups is 1. The highest BCUT2D eigenvalue weighted by atomic mass is 79.9. The van der Waals surface area contributed by atoms with E-state index in [1.807, 2.05) is 12.1 Å². The molecule has 6 heteroatoms. The van der Waals surface area contributed by atoms with Gasteiger partial charge in [0.2, 0.25) is 0 Å². The van der Waals surface area contributed by atoms with Gasteiger partial charge in [0.25, 0.3) is 0 Å². The number of rotatable bonds is 4. The Balaban J connectivity index is 2.21. The van der Waals surface area contributed by atoms with Crippen molar-refractivity contribution >= 4 is 21.9 Å². The van der Waals surface area contributed by atoms with Crippen LogP contribution in [0.2, 0.25) is 0 Å². The van der Waals surface area contributed by atoms with E-state index in [9.17, 15) is 4.79 Å². The lowest BCUT2D eigenvalue weighted by Gasteiger charge is -2.27. The van der Waals surface area contributed by atoms with E-state index in [-0.39, 0.29) is 6.61 Å². The zero-order valence-electron chi connectivity index (χ0n) is 9.15. The first kappa shape index (κ1) is 12.5. The molecule has 1 atom stereocenters. The van der Waals surface area contributed by atoms with Gasteiger partial charge in [0.1, 0.15) is 12.2 Å². The standard InChI is InChI=1S/C11H13BrN2O3/c12-8-1-2-9(14-5-8)11(3-4-13-7-11)17-6-10(15)16/h1-2,5,13H,3-4,6-7H2,(H,15,16). The van der Waals surface area contributed by atoms with Crippen LogP contribution in [0.15, 0.2) is 22.8 Å². The van der Waals surface area contributed by atoms with Crippen LogP contribution in [0.5, 0.6) is 0 Å². The molecule has 0 saturated carbocycles. The van der Waals surface area contributed by atoms with E-state index in [1.54, 1.807) is 6.20 Å². The van der Waals surface area contributed by atoms with E-state index in [0.717, 1.165) is 23.1 Å². The summed E-state index contributed by atoms with van der Waals surface area (Å²) in [6.45, 7) is 1.09. The zero-order valence-corrected chi connectivity index (χ0v) is 10.7. The summed E-state index contributed by atoms with van der Waals surface area (Å²) in [5, 5.41) is 11.9. The van der Waals surface area contributed by atoms with Crippen molar-refractivity contribution in [3.63, 3.8) is 0 Å². The summed E-state index contributed by atoms with van der Waals surface area (Å²) in [7, 11) is 0. The topological polar surface area (TPSA) is 71.5 Å². The van der Waals surface area contributed by atoms with Crippen LogP contribution in [-0.2, 0) is 15.1 Å². The van der Waals surface area contributed by atoms with E-state index in [4.69, 9.17) is 9.84 Å². The maximum absolute atomic E-state index is 10.6. The van der Waals surface area contributed by atoms with E-state index >= 15 is 0 Å². The molecule has 92 valence electrons. The van der Waals surface area contributed by atoms with Gasteiger partial charge in [0.05, 0.1) is 5.69 Å². The summed E-state index contributed by atoms with van der Waals surface area (Å²) in [5.74, 6) is -0.964. The van der Waals surface area contributed by atoms with Gasteiger partial charge in [-0.05, 0) is 41.0 Å². The minimum atomic E-state index is -0.964. The average Bonchev–Trinajstić information content (AvgIpc) is 2.77. The maximum Gasteiger partial charge on any atom is 0.329 e. The van der Waals surface area contributed by atoms with Crippen LogP contribution in [-0.4, -0.2) is 35.8 Å². The van der Waals surface area contributed by atoms with Crippen LogP contribution in [0.3, 0.4) is 0 Å². The van der Waals surface area contributed by atoms with Crippen LogP contribution in [0, 0.1) is 0 Å². The summed E-state index contributed by atoms with van der Waals surface area (Å²) >= 11 is 3.32. The van der Waals surface area contributed by atoms with Crippen LogP contribution >= 0.6 is 15.9 Å². The van der Waals surface area contributed by atoms with Crippen LogP contribution in [0.25, 0.3) is 0 Å². The van der Waals surface area contributed by atoms with Gasteiger partial charge >= 0.3 is 5.97 Å². The lowest BCUT2D eigenvalue weighted by molar-refractivity contribution is -0.149. The molecule has 0 aliphatic carbocycles. The Hall–Kier alpha value is -0.980. The summed E-state index contributed by atoms with van der Waals surface area (Å²) < 4.78 is 6.43. The molecule has 1 unspecified atom stereocenters. The molecule has 2 heterocycles. The fourth-order valence-electron chi connectivity index (χ4n) is 1.93. The first-order valence-corrected chi connectivity index (χ1v) is 6.10. The van der Waals surface area contributed by atoms with Crippen molar-refractivity contribution in [3.05, 3.63) is 28.5 Å². The molecule has 2 rings (SSSR count). The smallest absolute Gasteiger partial charge is 0.329 e. The molecule has 1 fully saturated rings. The molecule has 1 aliphatic heterocycles. The second-order valence-electron chi connectivity index (χ2n) is 3.97. The molecule has 0 bridgehead atoms. The summed E-state index contributed by atoms with van der Waals surface area (Å²) in [4.78, 5) is 14.9. The molecule has 0 spiro atoms. The number of carboxylic acid groups (broad SMARTS) is 1. The quantitative estimate of drug-likeness (QED) is 0.872. The molecule has 0 radical (unpaired) electrons. The van der Waals surface area contributed by atoms with Crippen LogP contribution in [0.1, 0.15) is 12.1 Å². The third-order valence-electron chi connectivity index (χ3n) is 2.78. The monoisotopic (exact) mass is 300 g/mol. The second kappa shape index (κ2) is 5.12. The molecule has 0 amide bonds. The minimum Gasteiger partial charge on any atom is -0.480 e. The first-order valence-electron chi connectivity index (χ1n) is 5.31. The van der Waals surface area contributed by atoms with E-state index in [2.05, 4.69) is 26.2 Å². The predicted octanol–water partition coefficient (Wildman–Crippen LogP) is 1.13. The summed E-state index contributed by atoms with van der Waals surface area (Å²) in [6, 6.07) is 3.74. The Bertz CT molecular complexity index is 402. The zero-order chi connectivity index (χ0) is 12.3. The van der Waals surface area contributed by atoms with E-state index in [1.165, 1.54) is 0 Å². The van der Waals surface area contributed by atoms with Gasteiger partial charge < -0.3 is 15.2 Å². The highest BCUT2D eigenvalue weighted by Gasteiger charge is 2.38. The highest BCUT2D eigenvalue weighted by Crippen LogP contribution is 2.31. The van der Waals surface area contributed by atoms with Crippen molar-refractivity contribution in [2.75, 3.05) is 19.7 Å². The van der Waals surface area contributed by atoms with Gasteiger partial charge in [-0.15, -0.1) is 0 Å². The summed E-state index contributed by atoms with van der Waals surface area (Å²) in [5.41, 5.74) is 0.158. The fourth-order valence-corrected chi connectivity index (χ4v) is 2.16. The van der Waals surface area contributed by atoms with Crippen LogP contribution in [0.4, 0.5) is 0 Å². The molecule has 1 saturated heterocycles. The molecule has 17 heavy (non-hydrogen) atoms. The molecule has 0 aromatic carbocycles. The number of hydrogen-bond donors (Lipinski definition) is 2. The van der Waals surface area contributed by atoms with Gasteiger partial charge in [0, 0.05) is 17.2 Å². The Morgan fingerprint density at radius 3 is 3.00 bits per heavy atom. The number of carboxylic acids is 1. The number of aromatic nitrogens is 1. The normalized spacial score (nSPS) is 23.8. The van der Waals surface area contributed by atoms with E-state index in [0.29, 0.717) is 6.54 Å². The first-order chi connectivity index (χ1) is 8.12. The molecule has 1 aliphatic rings.